The lowest BCUT2D eigenvalue weighted by atomic mass is 10.2. The van der Waals surface area contributed by atoms with Gasteiger partial charge in [-0.3, -0.25) is 4.79 Å². The van der Waals surface area contributed by atoms with Crippen LogP contribution in [0.3, 0.4) is 0 Å². The summed E-state index contributed by atoms with van der Waals surface area (Å²) < 4.78 is 5.23. The molecule has 0 spiro atoms. The van der Waals surface area contributed by atoms with E-state index in [1.165, 1.54) is 0 Å². The monoisotopic (exact) mass is 286 g/mol. The maximum Gasteiger partial charge on any atom is 0.241 e. The summed E-state index contributed by atoms with van der Waals surface area (Å²) in [5.74, 6) is 0.629. The Morgan fingerprint density at radius 1 is 1.42 bits per heavy atom. The van der Waals surface area contributed by atoms with Crippen molar-refractivity contribution in [3.05, 3.63) is 23.8 Å². The maximum absolute atomic E-state index is 12.0. The molecule has 2 N–H and O–H groups in total. The van der Waals surface area contributed by atoms with E-state index in [1.807, 2.05) is 32.0 Å². The predicted octanol–water partition coefficient (Wildman–Crippen LogP) is 2.75. The fourth-order valence-electron chi connectivity index (χ4n) is 1.61. The summed E-state index contributed by atoms with van der Waals surface area (Å²) in [6.45, 7) is 6.74. The fraction of sp³-hybridized carbons (Fsp3) is 0.500. The van der Waals surface area contributed by atoms with Crippen molar-refractivity contribution < 1.29 is 9.53 Å². The van der Waals surface area contributed by atoms with Gasteiger partial charge in [-0.1, -0.05) is 13.0 Å². The number of hydrogen-bond donors (Lipinski definition) is 2. The van der Waals surface area contributed by atoms with Crippen molar-refractivity contribution >= 4 is 24.0 Å². The van der Waals surface area contributed by atoms with Crippen LogP contribution in [0, 0.1) is 6.92 Å². The van der Waals surface area contributed by atoms with Crippen LogP contribution >= 0.6 is 12.4 Å². The van der Waals surface area contributed by atoms with E-state index in [1.54, 1.807) is 7.11 Å². The van der Waals surface area contributed by atoms with Gasteiger partial charge in [0.15, 0.2) is 0 Å². The van der Waals surface area contributed by atoms with Crippen LogP contribution in [0.4, 0.5) is 5.69 Å². The fourth-order valence-corrected chi connectivity index (χ4v) is 1.61. The van der Waals surface area contributed by atoms with Crippen LogP contribution in [0.1, 0.15) is 25.8 Å². The quantitative estimate of drug-likeness (QED) is 0.845. The Balaban J connectivity index is 0.00000324. The first kappa shape index (κ1) is 17.7. The summed E-state index contributed by atoms with van der Waals surface area (Å²) in [4.78, 5) is 12.0. The highest BCUT2D eigenvalue weighted by atomic mass is 35.5. The zero-order chi connectivity index (χ0) is 13.5. The second-order valence-corrected chi connectivity index (χ2v) is 4.37. The summed E-state index contributed by atoms with van der Waals surface area (Å²) in [6.07, 6.45) is 1.01. The van der Waals surface area contributed by atoms with Gasteiger partial charge in [-0.15, -0.1) is 12.4 Å². The summed E-state index contributed by atoms with van der Waals surface area (Å²) in [7, 11) is 1.60. The third-order valence-electron chi connectivity index (χ3n) is 2.71. The number of hydrogen-bond acceptors (Lipinski definition) is 3. The van der Waals surface area contributed by atoms with E-state index in [2.05, 4.69) is 17.6 Å². The van der Waals surface area contributed by atoms with E-state index < -0.39 is 0 Å². The number of benzene rings is 1. The molecule has 0 aliphatic rings. The Morgan fingerprint density at radius 2 is 2.11 bits per heavy atom. The topological polar surface area (TPSA) is 50.4 Å². The molecule has 0 fully saturated rings. The summed E-state index contributed by atoms with van der Waals surface area (Å²) in [6, 6.07) is 5.50. The molecule has 1 rings (SSSR count). The lowest BCUT2D eigenvalue weighted by Gasteiger charge is -2.15. The zero-order valence-corrected chi connectivity index (χ0v) is 12.8. The molecule has 0 saturated heterocycles. The van der Waals surface area contributed by atoms with E-state index in [0.717, 1.165) is 18.5 Å². The molecule has 0 saturated carbocycles. The Kier molecular flexibility index (Phi) is 8.19. The van der Waals surface area contributed by atoms with Crippen LogP contribution in [-0.4, -0.2) is 25.6 Å². The van der Waals surface area contributed by atoms with Crippen molar-refractivity contribution in [1.82, 2.24) is 5.32 Å². The van der Waals surface area contributed by atoms with Crippen molar-refractivity contribution in [2.24, 2.45) is 0 Å². The van der Waals surface area contributed by atoms with Gasteiger partial charge < -0.3 is 15.4 Å². The van der Waals surface area contributed by atoms with Gasteiger partial charge >= 0.3 is 0 Å². The molecule has 0 aliphatic heterocycles. The number of carbonyl (C=O) groups excluding carboxylic acids is 1. The van der Waals surface area contributed by atoms with Gasteiger partial charge in [0, 0.05) is 0 Å². The molecule has 1 aromatic rings. The number of aryl methyl sites for hydroxylation is 1. The molecule has 0 aliphatic carbocycles. The standard InChI is InChI=1S/C14H22N2O2.ClH/c1-5-8-15-11(3)14(17)16-12-9-10(2)6-7-13(12)18-4;/h6-7,9,11,15H,5,8H2,1-4H3,(H,16,17);1H. The number of ether oxygens (including phenoxy) is 1. The molecule has 108 valence electrons. The Morgan fingerprint density at radius 3 is 2.68 bits per heavy atom. The highest BCUT2D eigenvalue weighted by molar-refractivity contribution is 5.95. The average molecular weight is 287 g/mol. The smallest absolute Gasteiger partial charge is 0.241 e. The van der Waals surface area contributed by atoms with Crippen molar-refractivity contribution in [2.75, 3.05) is 19.0 Å². The van der Waals surface area contributed by atoms with Crippen molar-refractivity contribution in [2.45, 2.75) is 33.2 Å². The van der Waals surface area contributed by atoms with E-state index in [9.17, 15) is 4.79 Å². The summed E-state index contributed by atoms with van der Waals surface area (Å²) in [5, 5.41) is 6.04. The minimum Gasteiger partial charge on any atom is -0.495 e. The molecule has 0 bridgehead atoms. The minimum atomic E-state index is -0.213. The van der Waals surface area contributed by atoms with E-state index in [4.69, 9.17) is 4.74 Å². The van der Waals surface area contributed by atoms with E-state index in [0.29, 0.717) is 11.4 Å². The second kappa shape index (κ2) is 8.77. The third-order valence-corrected chi connectivity index (χ3v) is 2.71. The van der Waals surface area contributed by atoms with E-state index >= 15 is 0 Å². The van der Waals surface area contributed by atoms with E-state index in [-0.39, 0.29) is 24.4 Å². The van der Waals surface area contributed by atoms with Gasteiger partial charge in [-0.2, -0.15) is 0 Å². The zero-order valence-electron chi connectivity index (χ0n) is 11.9. The number of halogens is 1. The molecule has 1 amide bonds. The SMILES string of the molecule is CCCNC(C)C(=O)Nc1cc(C)ccc1OC.Cl. The van der Waals surface area contributed by atoms with Crippen LogP contribution in [0.15, 0.2) is 18.2 Å². The van der Waals surface area contributed by atoms with Crippen LogP contribution < -0.4 is 15.4 Å². The van der Waals surface area contributed by atoms with Gasteiger partial charge in [0.1, 0.15) is 5.75 Å². The van der Waals surface area contributed by atoms with Crippen LogP contribution in [-0.2, 0) is 4.79 Å². The van der Waals surface area contributed by atoms with Gasteiger partial charge in [-0.05, 0) is 44.5 Å². The molecule has 4 nitrogen and oxygen atoms in total. The number of nitrogens with one attached hydrogen (secondary N) is 2. The lowest BCUT2D eigenvalue weighted by molar-refractivity contribution is -0.117. The summed E-state index contributed by atoms with van der Waals surface area (Å²) >= 11 is 0. The Bertz CT molecular complexity index is 410. The predicted molar refractivity (Wildman–Crippen MR) is 81.4 cm³/mol. The molecule has 1 aromatic carbocycles. The first-order valence-electron chi connectivity index (χ1n) is 6.27. The number of carbonyl (C=O) groups is 1. The Labute approximate surface area is 121 Å². The highest BCUT2D eigenvalue weighted by Gasteiger charge is 2.13. The molecule has 0 aromatic heterocycles. The van der Waals surface area contributed by atoms with Gasteiger partial charge in [-0.25, -0.2) is 0 Å². The molecule has 19 heavy (non-hydrogen) atoms. The van der Waals surface area contributed by atoms with Gasteiger partial charge in [0.05, 0.1) is 18.8 Å². The molecular weight excluding hydrogens is 264 g/mol. The molecule has 1 unspecified atom stereocenters. The van der Waals surface area contributed by atoms with Crippen LogP contribution in [0.25, 0.3) is 0 Å². The average Bonchev–Trinajstić information content (AvgIpc) is 2.36. The first-order valence-corrected chi connectivity index (χ1v) is 6.27. The summed E-state index contributed by atoms with van der Waals surface area (Å²) in [5.41, 5.74) is 1.80. The third kappa shape index (κ3) is 5.49. The number of methoxy groups -OCH3 is 1. The number of rotatable bonds is 6. The van der Waals surface area contributed by atoms with Gasteiger partial charge in [0.2, 0.25) is 5.91 Å². The normalized spacial score (nSPS) is 11.4. The van der Waals surface area contributed by atoms with Gasteiger partial charge in [0.25, 0.3) is 0 Å². The first-order chi connectivity index (χ1) is 8.58. The van der Waals surface area contributed by atoms with Crippen LogP contribution in [0.2, 0.25) is 0 Å². The highest BCUT2D eigenvalue weighted by Crippen LogP contribution is 2.25. The van der Waals surface area contributed by atoms with Crippen molar-refractivity contribution in [1.29, 1.82) is 0 Å². The van der Waals surface area contributed by atoms with Crippen molar-refractivity contribution in [3.63, 3.8) is 0 Å². The molecule has 0 heterocycles. The largest absolute Gasteiger partial charge is 0.495 e. The number of amides is 1. The molecule has 1 atom stereocenters. The molecule has 5 heteroatoms. The molecule has 0 radical (unpaired) electrons. The maximum atomic E-state index is 12.0. The minimum absolute atomic E-state index is 0. The Hall–Kier alpha value is -1.26. The number of anilines is 1. The van der Waals surface area contributed by atoms with Crippen LogP contribution in [0.5, 0.6) is 5.75 Å². The second-order valence-electron chi connectivity index (χ2n) is 4.37. The van der Waals surface area contributed by atoms with Crippen molar-refractivity contribution in [3.8, 4) is 5.75 Å². The molecular formula is C14H23ClN2O2. The lowest BCUT2D eigenvalue weighted by Crippen LogP contribution is -2.38.